The summed E-state index contributed by atoms with van der Waals surface area (Å²) < 4.78 is 0.425. The van der Waals surface area contributed by atoms with E-state index in [2.05, 4.69) is 41.6 Å². The van der Waals surface area contributed by atoms with E-state index in [0.29, 0.717) is 4.58 Å². The minimum absolute atomic E-state index is 0.161. The Kier molecular flexibility index (Phi) is 5.00. The van der Waals surface area contributed by atoms with Crippen molar-refractivity contribution in [2.24, 2.45) is 0 Å². The van der Waals surface area contributed by atoms with Crippen LogP contribution in [0.4, 0.5) is 0 Å². The summed E-state index contributed by atoms with van der Waals surface area (Å²) in [6.07, 6.45) is 0. The van der Waals surface area contributed by atoms with Crippen molar-refractivity contribution in [1.82, 2.24) is 0 Å². The normalized spacial score (nSPS) is 15.2. The third-order valence-corrected chi connectivity index (χ3v) is 6.42. The van der Waals surface area contributed by atoms with E-state index >= 15 is 0 Å². The van der Waals surface area contributed by atoms with E-state index in [1.807, 2.05) is 6.92 Å². The molecule has 0 aliphatic carbocycles. The van der Waals surface area contributed by atoms with Gasteiger partial charge in [0, 0.05) is 0 Å². The summed E-state index contributed by atoms with van der Waals surface area (Å²) in [6, 6.07) is 0. The zero-order chi connectivity index (χ0) is 5.15. The molecule has 0 aromatic carbocycles. The molecule has 0 spiro atoms. The number of hydrogen-bond donors (Lipinski definition) is 1. The topological polar surface area (TPSA) is 0 Å². The van der Waals surface area contributed by atoms with Gasteiger partial charge in [0.15, 0.2) is 0 Å². The molecule has 0 amide bonds. The first kappa shape index (κ1) is 7.86. The van der Waals surface area contributed by atoms with Gasteiger partial charge in [0.05, 0.1) is 0 Å². The summed E-state index contributed by atoms with van der Waals surface area (Å²) in [4.78, 5) is 0. The molecule has 0 aliphatic rings. The minimum atomic E-state index is 0.161. The van der Waals surface area contributed by atoms with E-state index in [0.717, 1.165) is 0 Å². The predicted molar refractivity (Wildman–Crippen MR) is 46.8 cm³/mol. The van der Waals surface area contributed by atoms with Crippen LogP contribution < -0.4 is 0 Å². The van der Waals surface area contributed by atoms with Crippen LogP contribution in [0, 0.1) is 0 Å². The summed E-state index contributed by atoms with van der Waals surface area (Å²) in [6.45, 7) is 2.03. The van der Waals surface area contributed by atoms with Gasteiger partial charge >= 0.3 is 60.2 Å². The Balaban J connectivity index is 3.36. The number of halogens is 1. The summed E-state index contributed by atoms with van der Waals surface area (Å²) in [5, 5.41) is 0. The van der Waals surface area contributed by atoms with Crippen LogP contribution in [0.3, 0.4) is 0 Å². The van der Waals surface area contributed by atoms with Gasteiger partial charge in [-0.2, -0.15) is 0 Å². The van der Waals surface area contributed by atoms with E-state index in [1.54, 1.807) is 0 Å². The van der Waals surface area contributed by atoms with Crippen molar-refractivity contribution in [3.8, 4) is 0 Å². The molecule has 0 bridgehead atoms. The molecule has 6 heavy (non-hydrogen) atoms. The Morgan fingerprint density at radius 2 is 2.17 bits per heavy atom. The molecule has 0 saturated heterocycles. The predicted octanol–water partition coefficient (Wildman–Crippen LogP) is 2.56. The van der Waals surface area contributed by atoms with Crippen LogP contribution in [0.1, 0.15) is 6.92 Å². The zero-order valence-electron chi connectivity index (χ0n) is 3.26. The first-order chi connectivity index (χ1) is 2.64. The van der Waals surface area contributed by atoms with Gasteiger partial charge in [0.25, 0.3) is 0 Å². The molecule has 0 aliphatic heterocycles. The fourth-order valence-electron chi connectivity index (χ4n) is 0. The van der Waals surface area contributed by atoms with Gasteiger partial charge in [-0.15, -0.1) is 0 Å². The molecule has 0 unspecified atom stereocenters. The van der Waals surface area contributed by atoms with E-state index < -0.39 is 0 Å². The molecule has 38 valence electrons. The van der Waals surface area contributed by atoms with Gasteiger partial charge in [0.1, 0.15) is 0 Å². The number of thiol groups is 1. The molecule has 0 aromatic heterocycles. The second-order valence-corrected chi connectivity index (χ2v) is 9.34. The van der Waals surface area contributed by atoms with Crippen molar-refractivity contribution in [2.75, 3.05) is 0 Å². The van der Waals surface area contributed by atoms with Crippen LogP contribution in [0.5, 0.6) is 0 Å². The van der Waals surface area contributed by atoms with Crippen LogP contribution >= 0.6 is 41.6 Å². The SMILES string of the molecule is C[C@H](S)[S-](#P)I. The van der Waals surface area contributed by atoms with E-state index in [9.17, 15) is 0 Å². The molecule has 0 heterocycles. The average molecular weight is 251 g/mol. The fourth-order valence-corrected chi connectivity index (χ4v) is 0. The van der Waals surface area contributed by atoms with E-state index in [1.165, 1.54) is 0 Å². The fraction of sp³-hybridized carbons (Fsp3) is 1.00. The summed E-state index contributed by atoms with van der Waals surface area (Å²) >= 11 is 6.37. The maximum atomic E-state index is 4.13. The monoisotopic (exact) mass is 251 g/mol. The van der Waals surface area contributed by atoms with Gasteiger partial charge in [-0.3, -0.25) is 0 Å². The second kappa shape index (κ2) is 3.81. The number of rotatable bonds is 0. The second-order valence-electron chi connectivity index (χ2n) is 0.863. The van der Waals surface area contributed by atoms with Crippen LogP contribution in [0.25, 0.3) is 0 Å². The molecule has 4 heteroatoms. The van der Waals surface area contributed by atoms with Crippen molar-refractivity contribution < 1.29 is 0 Å². The van der Waals surface area contributed by atoms with Crippen molar-refractivity contribution in [1.29, 1.82) is 0 Å². The van der Waals surface area contributed by atoms with Crippen LogP contribution in [-0.2, 0) is 7.04 Å². The Morgan fingerprint density at radius 3 is 2.17 bits per heavy atom. The summed E-state index contributed by atoms with van der Waals surface area (Å²) in [5.41, 5.74) is 0. The third kappa shape index (κ3) is 4.03. The summed E-state index contributed by atoms with van der Waals surface area (Å²) in [7, 11) is 4.29. The Morgan fingerprint density at radius 1 is 2.00 bits per heavy atom. The first-order valence-electron chi connectivity index (χ1n) is 1.41. The third-order valence-electron chi connectivity index (χ3n) is 0.281. The molecular weight excluding hydrogens is 246 g/mol. The van der Waals surface area contributed by atoms with E-state index in [4.69, 9.17) is 0 Å². The van der Waals surface area contributed by atoms with Gasteiger partial charge < -0.3 is 0 Å². The first-order valence-corrected chi connectivity index (χ1v) is 6.81. The molecule has 0 fully saturated rings. The molecule has 0 N–H and O–H groups in total. The maximum absolute atomic E-state index is 4.13. The molecule has 0 saturated carbocycles. The van der Waals surface area contributed by atoms with E-state index in [-0.39, 0.29) is 7.04 Å². The van der Waals surface area contributed by atoms with Gasteiger partial charge in [-0.25, -0.2) is 0 Å². The van der Waals surface area contributed by atoms with Crippen LogP contribution in [0.2, 0.25) is 0 Å². The Hall–Kier alpha value is 1.86. The Bertz CT molecular complexity index is 91.5. The van der Waals surface area contributed by atoms with Gasteiger partial charge in [-0.05, 0) is 0 Å². The van der Waals surface area contributed by atoms with Crippen molar-refractivity contribution in [3.05, 3.63) is 0 Å². The molecular formula is C2H5IPS2-. The van der Waals surface area contributed by atoms with Gasteiger partial charge in [-0.1, -0.05) is 0 Å². The molecule has 0 radical (unpaired) electrons. The van der Waals surface area contributed by atoms with Gasteiger partial charge in [0.2, 0.25) is 0 Å². The summed E-state index contributed by atoms with van der Waals surface area (Å²) in [5.74, 6) is 0. The quantitative estimate of drug-likeness (QED) is 0.291. The number of hydrogen-bond acceptors (Lipinski definition) is 2. The average Bonchev–Trinajstić information content (AvgIpc) is 1.36. The molecule has 0 aromatic rings. The van der Waals surface area contributed by atoms with Crippen LogP contribution in [-0.4, -0.2) is 4.58 Å². The Labute approximate surface area is 59.9 Å². The standard InChI is InChI=1S/C2H5IPS2/c1-2(5)6(3)4/h2,5H,1H3/q-1/t2-/m1/s1. The molecule has 1 atom stereocenters. The zero-order valence-corrected chi connectivity index (χ0v) is 8.02. The van der Waals surface area contributed by atoms with Crippen LogP contribution in [0.15, 0.2) is 0 Å². The molecule has 0 rings (SSSR count). The van der Waals surface area contributed by atoms with Crippen molar-refractivity contribution >= 4 is 48.7 Å². The molecule has 0 nitrogen and oxygen atoms in total. The van der Waals surface area contributed by atoms with Crippen molar-refractivity contribution in [2.45, 2.75) is 11.5 Å². The van der Waals surface area contributed by atoms with Crippen molar-refractivity contribution in [3.63, 3.8) is 0 Å².